The van der Waals surface area contributed by atoms with Crippen molar-refractivity contribution in [1.82, 2.24) is 4.98 Å². The summed E-state index contributed by atoms with van der Waals surface area (Å²) in [7, 11) is 0. The molecule has 0 fully saturated rings. The number of hydrogen-bond acceptors (Lipinski definition) is 4. The minimum atomic E-state index is 0.596. The van der Waals surface area contributed by atoms with Crippen LogP contribution in [-0.4, -0.2) is 4.98 Å². The van der Waals surface area contributed by atoms with Gasteiger partial charge in [0, 0.05) is 39.3 Å². The summed E-state index contributed by atoms with van der Waals surface area (Å²) in [5.74, 6) is 0.596. The van der Waals surface area contributed by atoms with Crippen LogP contribution in [-0.2, 0) is 0 Å². The molecule has 240 valence electrons. The van der Waals surface area contributed by atoms with Gasteiger partial charge in [0.25, 0.3) is 0 Å². The number of fused-ring (bicyclic) bond motifs is 5. The zero-order valence-electron chi connectivity index (χ0n) is 27.5. The highest BCUT2D eigenvalue weighted by Gasteiger charge is 2.21. The van der Waals surface area contributed by atoms with Crippen molar-refractivity contribution in [2.75, 3.05) is 4.90 Å². The van der Waals surface area contributed by atoms with Crippen molar-refractivity contribution in [2.24, 2.45) is 0 Å². The highest BCUT2D eigenvalue weighted by molar-refractivity contribution is 6.10. The van der Waals surface area contributed by atoms with Crippen molar-refractivity contribution in [1.29, 1.82) is 0 Å². The third-order valence-electron chi connectivity index (χ3n) is 9.70. The van der Waals surface area contributed by atoms with E-state index in [1.165, 1.54) is 27.5 Å². The van der Waals surface area contributed by atoms with Crippen LogP contribution in [0, 0.1) is 0 Å². The average Bonchev–Trinajstić information content (AvgIpc) is 3.78. The molecule has 0 spiro atoms. The number of furan rings is 1. The number of rotatable bonds is 6. The van der Waals surface area contributed by atoms with Crippen LogP contribution >= 0.6 is 0 Å². The van der Waals surface area contributed by atoms with E-state index in [4.69, 9.17) is 13.8 Å². The molecule has 0 aliphatic carbocycles. The third kappa shape index (κ3) is 5.04. The first-order chi connectivity index (χ1) is 25.3. The second-order valence-corrected chi connectivity index (χ2v) is 12.8. The molecule has 0 atom stereocenters. The van der Waals surface area contributed by atoms with E-state index in [2.05, 4.69) is 150 Å². The molecule has 4 nitrogen and oxygen atoms in total. The molecule has 4 heteroatoms. The Morgan fingerprint density at radius 3 is 1.88 bits per heavy atom. The largest absolute Gasteiger partial charge is 0.456 e. The molecule has 0 N–H and O–H groups in total. The summed E-state index contributed by atoms with van der Waals surface area (Å²) in [6.07, 6.45) is 0. The van der Waals surface area contributed by atoms with Crippen LogP contribution in [0.15, 0.2) is 191 Å². The Morgan fingerprint density at radius 2 is 1.04 bits per heavy atom. The van der Waals surface area contributed by atoms with Gasteiger partial charge in [-0.15, -0.1) is 0 Å². The van der Waals surface area contributed by atoms with Gasteiger partial charge in [0.2, 0.25) is 5.89 Å². The van der Waals surface area contributed by atoms with Gasteiger partial charge in [-0.1, -0.05) is 121 Å². The Balaban J connectivity index is 1.16. The van der Waals surface area contributed by atoms with Gasteiger partial charge >= 0.3 is 0 Å². The first-order valence-corrected chi connectivity index (χ1v) is 17.1. The van der Waals surface area contributed by atoms with Crippen molar-refractivity contribution < 1.29 is 8.83 Å². The van der Waals surface area contributed by atoms with E-state index in [1.54, 1.807) is 0 Å². The maximum Gasteiger partial charge on any atom is 0.227 e. The summed E-state index contributed by atoms with van der Waals surface area (Å²) in [5, 5.41) is 4.42. The van der Waals surface area contributed by atoms with Crippen molar-refractivity contribution >= 4 is 60.9 Å². The molecular weight excluding hydrogens is 625 g/mol. The molecule has 10 rings (SSSR count). The van der Waals surface area contributed by atoms with Gasteiger partial charge in [-0.3, -0.25) is 0 Å². The predicted molar refractivity (Wildman–Crippen MR) is 210 cm³/mol. The van der Waals surface area contributed by atoms with E-state index < -0.39 is 0 Å². The smallest absolute Gasteiger partial charge is 0.227 e. The lowest BCUT2D eigenvalue weighted by atomic mass is 9.96. The number of nitrogens with zero attached hydrogens (tertiary/aromatic N) is 2. The summed E-state index contributed by atoms with van der Waals surface area (Å²) < 4.78 is 12.7. The van der Waals surface area contributed by atoms with E-state index in [1.807, 2.05) is 36.4 Å². The van der Waals surface area contributed by atoms with E-state index in [0.717, 1.165) is 61.2 Å². The van der Waals surface area contributed by atoms with Crippen LogP contribution in [0.1, 0.15) is 0 Å². The van der Waals surface area contributed by atoms with Crippen LogP contribution < -0.4 is 4.90 Å². The van der Waals surface area contributed by atoms with Crippen LogP contribution in [0.5, 0.6) is 0 Å². The molecule has 8 aromatic carbocycles. The second-order valence-electron chi connectivity index (χ2n) is 12.8. The fourth-order valence-electron chi connectivity index (χ4n) is 7.25. The number of benzene rings is 8. The Morgan fingerprint density at radius 1 is 0.392 bits per heavy atom. The zero-order valence-corrected chi connectivity index (χ0v) is 27.5. The quantitative estimate of drug-likeness (QED) is 0.179. The topological polar surface area (TPSA) is 42.4 Å². The van der Waals surface area contributed by atoms with Crippen LogP contribution in [0.4, 0.5) is 17.1 Å². The lowest BCUT2D eigenvalue weighted by molar-refractivity contribution is 0.620. The Bertz CT molecular complexity index is 2850. The molecule has 0 aliphatic rings. The number of aromatic nitrogens is 1. The fourth-order valence-corrected chi connectivity index (χ4v) is 7.25. The van der Waals surface area contributed by atoms with Gasteiger partial charge in [-0.25, -0.2) is 4.98 Å². The minimum Gasteiger partial charge on any atom is -0.456 e. The fraction of sp³-hybridized carbons (Fsp3) is 0. The van der Waals surface area contributed by atoms with Crippen molar-refractivity contribution in [3.05, 3.63) is 182 Å². The Kier molecular flexibility index (Phi) is 6.78. The molecule has 0 aliphatic heterocycles. The molecule has 51 heavy (non-hydrogen) atoms. The highest BCUT2D eigenvalue weighted by Crippen LogP contribution is 2.45. The third-order valence-corrected chi connectivity index (χ3v) is 9.70. The van der Waals surface area contributed by atoms with Crippen molar-refractivity contribution in [3.63, 3.8) is 0 Å². The zero-order chi connectivity index (χ0) is 33.7. The first kappa shape index (κ1) is 29.0. The molecule has 0 unspecified atom stereocenters. The molecule has 0 saturated heterocycles. The highest BCUT2D eigenvalue weighted by atomic mass is 16.4. The lowest BCUT2D eigenvalue weighted by Gasteiger charge is -2.28. The lowest BCUT2D eigenvalue weighted by Crippen LogP contribution is -2.11. The van der Waals surface area contributed by atoms with Crippen LogP contribution in [0.25, 0.3) is 77.5 Å². The molecule has 10 aromatic rings. The molecule has 2 aromatic heterocycles. The van der Waals surface area contributed by atoms with Gasteiger partial charge in [0.15, 0.2) is 5.58 Å². The van der Waals surface area contributed by atoms with E-state index in [-0.39, 0.29) is 0 Å². The molecule has 0 saturated carbocycles. The SMILES string of the molecule is c1ccc(-c2ccc(N(c3ccc4oc5cc6nc(-c7ccccc7)oc6cc5c4c3)c3ccccc3-c3cccc4ccccc34)cc2)cc1. The second kappa shape index (κ2) is 11.9. The molecule has 2 heterocycles. The summed E-state index contributed by atoms with van der Waals surface area (Å²) >= 11 is 0. The molecule has 0 bridgehead atoms. The van der Waals surface area contributed by atoms with E-state index in [9.17, 15) is 0 Å². The Hall–Kier alpha value is -6.91. The van der Waals surface area contributed by atoms with Gasteiger partial charge in [-0.05, 0) is 82.1 Å². The number of oxazole rings is 1. The summed E-state index contributed by atoms with van der Waals surface area (Å²) in [6, 6.07) is 63.6. The van der Waals surface area contributed by atoms with Gasteiger partial charge in [-0.2, -0.15) is 0 Å². The van der Waals surface area contributed by atoms with Gasteiger partial charge in [0.1, 0.15) is 16.7 Å². The van der Waals surface area contributed by atoms with E-state index in [0.29, 0.717) is 5.89 Å². The van der Waals surface area contributed by atoms with Crippen LogP contribution in [0.2, 0.25) is 0 Å². The maximum atomic E-state index is 6.43. The summed E-state index contributed by atoms with van der Waals surface area (Å²) in [4.78, 5) is 7.13. The number of hydrogen-bond donors (Lipinski definition) is 0. The van der Waals surface area contributed by atoms with Crippen molar-refractivity contribution in [2.45, 2.75) is 0 Å². The average molecular weight is 655 g/mol. The van der Waals surface area contributed by atoms with Crippen LogP contribution in [0.3, 0.4) is 0 Å². The molecular formula is C47H30N2O2. The number of para-hydroxylation sites is 1. The first-order valence-electron chi connectivity index (χ1n) is 17.1. The summed E-state index contributed by atoms with van der Waals surface area (Å²) in [6.45, 7) is 0. The predicted octanol–water partition coefficient (Wildman–Crippen LogP) is 13.4. The normalized spacial score (nSPS) is 11.5. The van der Waals surface area contributed by atoms with Gasteiger partial charge in [0.05, 0.1) is 5.69 Å². The maximum absolute atomic E-state index is 6.43. The Labute approximate surface area is 294 Å². The minimum absolute atomic E-state index is 0.596. The molecule has 0 radical (unpaired) electrons. The standard InChI is InChI=1S/C47H30N2O2/c1-3-12-31(13-4-1)32-22-24-35(25-23-32)49(43-21-10-9-19-39(43)38-20-11-17-33-14-7-8-18-37(33)38)36-26-27-44-40(28-36)41-29-46-42(30-45(41)50-44)48-47(51-46)34-15-5-2-6-16-34/h1-30H. The summed E-state index contributed by atoms with van der Waals surface area (Å²) in [5.41, 5.74) is 11.9. The van der Waals surface area contributed by atoms with Gasteiger partial charge < -0.3 is 13.7 Å². The monoisotopic (exact) mass is 654 g/mol. The van der Waals surface area contributed by atoms with Crippen molar-refractivity contribution in [3.8, 4) is 33.7 Å². The van der Waals surface area contributed by atoms with E-state index >= 15 is 0 Å². The number of anilines is 3. The molecule has 0 amide bonds.